The van der Waals surface area contributed by atoms with Gasteiger partial charge in [-0.3, -0.25) is 0 Å². The molecule has 0 bridgehead atoms. The monoisotopic (exact) mass is 239 g/mol. The molecule has 0 saturated heterocycles. The van der Waals surface area contributed by atoms with E-state index in [4.69, 9.17) is 4.74 Å². The molecule has 0 aromatic carbocycles. The Kier molecular flexibility index (Phi) is 4.01. The Labute approximate surface area is 99.9 Å². The minimum atomic E-state index is -0.916. The van der Waals surface area contributed by atoms with E-state index in [9.17, 15) is 9.90 Å². The predicted molar refractivity (Wildman–Crippen MR) is 61.5 cm³/mol. The number of rotatable bonds is 5. The predicted octanol–water partition coefficient (Wildman–Crippen LogP) is 0.700. The third kappa shape index (κ3) is 3.67. The molecular weight excluding hydrogens is 222 g/mol. The molecule has 0 amide bonds. The molecule has 94 valence electrons. The van der Waals surface area contributed by atoms with Crippen LogP contribution >= 0.6 is 0 Å². The molecule has 0 spiro atoms. The summed E-state index contributed by atoms with van der Waals surface area (Å²) in [6.45, 7) is 8.87. The third-order valence-electron chi connectivity index (χ3n) is 2.04. The average Bonchev–Trinajstić information content (AvgIpc) is 2.55. The van der Waals surface area contributed by atoms with Crippen LogP contribution in [-0.2, 0) is 11.3 Å². The van der Waals surface area contributed by atoms with Gasteiger partial charge in [-0.25, -0.2) is 9.48 Å². The summed E-state index contributed by atoms with van der Waals surface area (Å²) in [6, 6.07) is 0. The second kappa shape index (κ2) is 5.09. The van der Waals surface area contributed by atoms with Gasteiger partial charge in [0.1, 0.15) is 6.61 Å². The van der Waals surface area contributed by atoms with Gasteiger partial charge in [-0.1, -0.05) is 17.9 Å². The molecule has 0 aliphatic heterocycles. The Balaban J connectivity index is 2.83. The van der Waals surface area contributed by atoms with E-state index in [1.54, 1.807) is 20.8 Å². The molecule has 1 rings (SSSR count). The molecule has 1 aromatic heterocycles. The van der Waals surface area contributed by atoms with Gasteiger partial charge in [0.25, 0.3) is 0 Å². The maximum atomic E-state index is 11.6. The van der Waals surface area contributed by atoms with Crippen LogP contribution in [0.2, 0.25) is 0 Å². The van der Waals surface area contributed by atoms with E-state index < -0.39 is 11.6 Å². The van der Waals surface area contributed by atoms with Crippen molar-refractivity contribution in [3.8, 4) is 0 Å². The number of carbonyl (C=O) groups is 1. The molecular formula is C11H17N3O3. The second-order valence-corrected chi connectivity index (χ2v) is 4.38. The van der Waals surface area contributed by atoms with Crippen LogP contribution in [-0.4, -0.2) is 38.3 Å². The maximum absolute atomic E-state index is 11.6. The van der Waals surface area contributed by atoms with Crippen LogP contribution in [0.1, 0.15) is 30.0 Å². The highest BCUT2D eigenvalue weighted by molar-refractivity contribution is 5.88. The second-order valence-electron chi connectivity index (χ2n) is 4.38. The van der Waals surface area contributed by atoms with Crippen molar-refractivity contribution in [2.75, 3.05) is 6.61 Å². The maximum Gasteiger partial charge on any atom is 0.361 e. The number of aliphatic hydroxyl groups is 1. The van der Waals surface area contributed by atoms with Gasteiger partial charge in [0.15, 0.2) is 5.69 Å². The first-order valence-corrected chi connectivity index (χ1v) is 5.25. The molecule has 0 unspecified atom stereocenters. The normalized spacial score (nSPS) is 11.3. The molecule has 1 aromatic rings. The molecule has 1 N–H and O–H groups in total. The van der Waals surface area contributed by atoms with Gasteiger partial charge >= 0.3 is 5.97 Å². The van der Waals surface area contributed by atoms with Crippen LogP contribution in [0.25, 0.3) is 0 Å². The highest BCUT2D eigenvalue weighted by Crippen LogP contribution is 2.10. The topological polar surface area (TPSA) is 77.2 Å². The smallest absolute Gasteiger partial charge is 0.361 e. The summed E-state index contributed by atoms with van der Waals surface area (Å²) in [5, 5.41) is 17.2. The zero-order chi connectivity index (χ0) is 13.1. The average molecular weight is 239 g/mol. The molecule has 0 radical (unpaired) electrons. The largest absolute Gasteiger partial charge is 0.457 e. The first-order chi connectivity index (χ1) is 7.85. The van der Waals surface area contributed by atoms with Crippen molar-refractivity contribution in [2.24, 2.45) is 0 Å². The zero-order valence-electron chi connectivity index (χ0n) is 10.3. The highest BCUT2D eigenvalue weighted by Gasteiger charge is 2.21. The van der Waals surface area contributed by atoms with Crippen molar-refractivity contribution in [3.05, 3.63) is 24.0 Å². The van der Waals surface area contributed by atoms with Crippen molar-refractivity contribution in [3.63, 3.8) is 0 Å². The van der Waals surface area contributed by atoms with E-state index in [0.717, 1.165) is 0 Å². The van der Waals surface area contributed by atoms with Crippen LogP contribution in [0.4, 0.5) is 0 Å². The molecule has 0 aliphatic rings. The van der Waals surface area contributed by atoms with E-state index in [1.165, 1.54) is 10.8 Å². The van der Waals surface area contributed by atoms with E-state index in [0.29, 0.717) is 5.69 Å². The quantitative estimate of drug-likeness (QED) is 0.604. The summed E-state index contributed by atoms with van der Waals surface area (Å²) in [5.74, 6) is -0.538. The van der Waals surface area contributed by atoms with Crippen LogP contribution in [0, 0.1) is 6.92 Å². The first-order valence-electron chi connectivity index (χ1n) is 5.25. The summed E-state index contributed by atoms with van der Waals surface area (Å²) >= 11 is 0. The van der Waals surface area contributed by atoms with Crippen molar-refractivity contribution >= 4 is 5.97 Å². The molecule has 1 heterocycles. The number of esters is 1. The van der Waals surface area contributed by atoms with Gasteiger partial charge in [-0.2, -0.15) is 0 Å². The Morgan fingerprint density at radius 3 is 2.82 bits per heavy atom. The van der Waals surface area contributed by atoms with Crippen LogP contribution < -0.4 is 0 Å². The molecule has 0 fully saturated rings. The first kappa shape index (κ1) is 13.4. The lowest BCUT2D eigenvalue weighted by Crippen LogP contribution is -2.27. The Hall–Kier alpha value is -1.69. The van der Waals surface area contributed by atoms with Crippen LogP contribution in [0.15, 0.2) is 12.7 Å². The minimum absolute atomic E-state index is 0.136. The summed E-state index contributed by atoms with van der Waals surface area (Å²) < 4.78 is 6.34. The molecule has 0 aliphatic carbocycles. The van der Waals surface area contributed by atoms with Gasteiger partial charge in [0.05, 0.1) is 17.8 Å². The fraction of sp³-hybridized carbons (Fsp3) is 0.545. The van der Waals surface area contributed by atoms with E-state index in [1.807, 2.05) is 0 Å². The van der Waals surface area contributed by atoms with Gasteiger partial charge in [-0.05, 0) is 20.8 Å². The zero-order valence-corrected chi connectivity index (χ0v) is 10.3. The number of nitrogens with zero attached hydrogens (tertiary/aromatic N) is 3. The Morgan fingerprint density at radius 1 is 1.65 bits per heavy atom. The van der Waals surface area contributed by atoms with Crippen LogP contribution in [0.5, 0.6) is 0 Å². The lowest BCUT2D eigenvalue weighted by atomic mass is 10.1. The molecule has 0 saturated carbocycles. The molecule has 17 heavy (non-hydrogen) atoms. The molecule has 6 nitrogen and oxygen atoms in total. The van der Waals surface area contributed by atoms with Gasteiger partial charge in [-0.15, -0.1) is 5.10 Å². The standard InChI is InChI=1S/C11H17N3O3/c1-5-6-17-10(15)9-8(2)14(13-12-9)7-11(3,4)16/h5,16H,1,6-7H2,2-4H3. The van der Waals surface area contributed by atoms with Crippen molar-refractivity contribution in [2.45, 2.75) is 32.9 Å². The highest BCUT2D eigenvalue weighted by atomic mass is 16.5. The minimum Gasteiger partial charge on any atom is -0.457 e. The van der Waals surface area contributed by atoms with E-state index in [-0.39, 0.29) is 18.8 Å². The van der Waals surface area contributed by atoms with Gasteiger partial charge in [0, 0.05) is 0 Å². The van der Waals surface area contributed by atoms with E-state index >= 15 is 0 Å². The van der Waals surface area contributed by atoms with Gasteiger partial charge < -0.3 is 9.84 Å². The number of hydrogen-bond acceptors (Lipinski definition) is 5. The SMILES string of the molecule is C=CCOC(=O)c1nnn(CC(C)(C)O)c1C. The number of hydrogen-bond donors (Lipinski definition) is 1. The Morgan fingerprint density at radius 2 is 2.29 bits per heavy atom. The summed E-state index contributed by atoms with van der Waals surface area (Å²) in [4.78, 5) is 11.6. The summed E-state index contributed by atoms with van der Waals surface area (Å²) in [5.41, 5.74) is -0.182. The molecule has 6 heteroatoms. The van der Waals surface area contributed by atoms with Crippen LogP contribution in [0.3, 0.4) is 0 Å². The lowest BCUT2D eigenvalue weighted by molar-refractivity contribution is 0.0531. The third-order valence-corrected chi connectivity index (χ3v) is 2.04. The van der Waals surface area contributed by atoms with Crippen molar-refractivity contribution < 1.29 is 14.6 Å². The lowest BCUT2D eigenvalue weighted by Gasteiger charge is -2.17. The Bertz CT molecular complexity index is 418. The number of ether oxygens (including phenoxy) is 1. The summed E-state index contributed by atoms with van der Waals surface area (Å²) in [7, 11) is 0. The number of aromatic nitrogens is 3. The fourth-order valence-electron chi connectivity index (χ4n) is 1.27. The van der Waals surface area contributed by atoms with Crippen molar-refractivity contribution in [1.29, 1.82) is 0 Å². The summed E-state index contributed by atoms with van der Waals surface area (Å²) in [6.07, 6.45) is 1.48. The van der Waals surface area contributed by atoms with Crippen molar-refractivity contribution in [1.82, 2.24) is 15.0 Å². The van der Waals surface area contributed by atoms with Gasteiger partial charge in [0.2, 0.25) is 0 Å². The van der Waals surface area contributed by atoms with E-state index in [2.05, 4.69) is 16.9 Å². The fourth-order valence-corrected chi connectivity index (χ4v) is 1.27. The molecule has 0 atom stereocenters. The number of carbonyl (C=O) groups excluding carboxylic acids is 1.